The third-order valence-corrected chi connectivity index (χ3v) is 5.27. The molecule has 3 rings (SSSR count). The van der Waals surface area contributed by atoms with E-state index in [4.69, 9.17) is 5.73 Å². The Labute approximate surface area is 174 Å². The summed E-state index contributed by atoms with van der Waals surface area (Å²) in [5, 5.41) is 12.3. The van der Waals surface area contributed by atoms with E-state index in [-0.39, 0.29) is 30.0 Å². The molecule has 9 heteroatoms. The lowest BCUT2D eigenvalue weighted by molar-refractivity contribution is -0.136. The first-order valence-electron chi connectivity index (χ1n) is 10.3. The Balaban J connectivity index is 1.93. The molecular weight excluding hydrogens is 395 g/mol. The van der Waals surface area contributed by atoms with Crippen molar-refractivity contribution >= 4 is 23.1 Å². The van der Waals surface area contributed by atoms with Crippen molar-refractivity contribution in [2.75, 3.05) is 29.1 Å². The van der Waals surface area contributed by atoms with Crippen LogP contribution in [0.4, 0.5) is 36.3 Å². The molecule has 1 aromatic carbocycles. The molecule has 0 amide bonds. The van der Waals surface area contributed by atoms with Crippen molar-refractivity contribution in [3.05, 3.63) is 35.5 Å². The number of anilines is 4. The molecule has 0 aliphatic carbocycles. The second kappa shape index (κ2) is 9.51. The molecule has 1 fully saturated rings. The number of aliphatic hydroxyl groups excluding tert-OH is 1. The zero-order valence-corrected chi connectivity index (χ0v) is 17.0. The van der Waals surface area contributed by atoms with Gasteiger partial charge in [0.25, 0.3) is 0 Å². The van der Waals surface area contributed by atoms with Crippen LogP contribution >= 0.6 is 0 Å². The van der Waals surface area contributed by atoms with Crippen molar-refractivity contribution in [3.8, 4) is 0 Å². The Morgan fingerprint density at radius 1 is 1.23 bits per heavy atom. The number of hydrogen-bond acceptors (Lipinski definition) is 6. The van der Waals surface area contributed by atoms with E-state index in [9.17, 15) is 18.3 Å². The summed E-state index contributed by atoms with van der Waals surface area (Å²) in [6.07, 6.45) is 0.846. The number of piperidine rings is 1. The summed E-state index contributed by atoms with van der Waals surface area (Å²) in [6.45, 7) is 2.97. The lowest BCUT2D eigenvalue weighted by atomic mass is 9.99. The van der Waals surface area contributed by atoms with Gasteiger partial charge in [-0.1, -0.05) is 13.3 Å². The van der Waals surface area contributed by atoms with Crippen molar-refractivity contribution in [2.24, 2.45) is 0 Å². The summed E-state index contributed by atoms with van der Waals surface area (Å²) >= 11 is 0. The Bertz CT molecular complexity index is 857. The highest BCUT2D eigenvalue weighted by Gasteiger charge is 2.33. The Kier molecular flexibility index (Phi) is 7.02. The van der Waals surface area contributed by atoms with E-state index in [1.807, 2.05) is 13.0 Å². The van der Waals surface area contributed by atoms with Crippen LogP contribution in [0.15, 0.2) is 24.3 Å². The van der Waals surface area contributed by atoms with Crippen molar-refractivity contribution in [1.82, 2.24) is 9.97 Å². The summed E-state index contributed by atoms with van der Waals surface area (Å²) in [5.74, 6) is 0.989. The summed E-state index contributed by atoms with van der Waals surface area (Å²) in [6, 6.07) is 5.81. The number of nitrogens with two attached hydrogens (primary N) is 1. The van der Waals surface area contributed by atoms with Crippen molar-refractivity contribution in [1.29, 1.82) is 0 Å². The van der Waals surface area contributed by atoms with E-state index in [0.29, 0.717) is 6.42 Å². The molecule has 4 N–H and O–H groups in total. The second-order valence-corrected chi connectivity index (χ2v) is 7.57. The van der Waals surface area contributed by atoms with Gasteiger partial charge in [0.15, 0.2) is 0 Å². The van der Waals surface area contributed by atoms with Gasteiger partial charge in [0.2, 0.25) is 5.95 Å². The van der Waals surface area contributed by atoms with Gasteiger partial charge in [-0.3, -0.25) is 0 Å². The summed E-state index contributed by atoms with van der Waals surface area (Å²) in [7, 11) is 0. The van der Waals surface area contributed by atoms with E-state index in [1.165, 1.54) is 12.1 Å². The number of hydrogen-bond donors (Lipinski definition) is 3. The molecule has 1 saturated heterocycles. The van der Waals surface area contributed by atoms with Crippen LogP contribution in [0.3, 0.4) is 0 Å². The van der Waals surface area contributed by atoms with Crippen LogP contribution in [0.5, 0.6) is 0 Å². The fraction of sp³-hybridized carbons (Fsp3) is 0.524. The number of aryl methyl sites for hydroxylation is 1. The maximum Gasteiger partial charge on any atom is 0.418 e. The van der Waals surface area contributed by atoms with Gasteiger partial charge in [0, 0.05) is 42.3 Å². The van der Waals surface area contributed by atoms with Crippen molar-refractivity contribution in [2.45, 2.75) is 57.7 Å². The maximum absolute atomic E-state index is 13.2. The SMILES string of the molecule is CCCc1cc(N2CCCCC2CCO)nc(Nc2ccc(N)c(C(F)(F)F)c2)n1. The monoisotopic (exact) mass is 423 g/mol. The number of alkyl halides is 3. The van der Waals surface area contributed by atoms with Gasteiger partial charge in [0.05, 0.1) is 5.56 Å². The van der Waals surface area contributed by atoms with Gasteiger partial charge in [0.1, 0.15) is 5.82 Å². The molecule has 1 aliphatic heterocycles. The number of halogens is 3. The third-order valence-electron chi connectivity index (χ3n) is 5.27. The van der Waals surface area contributed by atoms with Crippen LogP contribution in [0, 0.1) is 0 Å². The fourth-order valence-electron chi connectivity index (χ4n) is 3.83. The molecule has 0 bridgehead atoms. The first kappa shape index (κ1) is 22.1. The quantitative estimate of drug-likeness (QED) is 0.568. The number of nitrogens with one attached hydrogen (secondary N) is 1. The van der Waals surface area contributed by atoms with Crippen LogP contribution in [-0.2, 0) is 12.6 Å². The number of aromatic nitrogens is 2. The highest BCUT2D eigenvalue weighted by Crippen LogP contribution is 2.35. The minimum atomic E-state index is -4.54. The molecule has 164 valence electrons. The van der Waals surface area contributed by atoms with E-state index in [2.05, 4.69) is 20.2 Å². The summed E-state index contributed by atoms with van der Waals surface area (Å²) < 4.78 is 39.6. The summed E-state index contributed by atoms with van der Waals surface area (Å²) in [5.41, 5.74) is 5.32. The second-order valence-electron chi connectivity index (χ2n) is 7.57. The molecule has 2 aromatic rings. The van der Waals surface area contributed by atoms with E-state index in [1.54, 1.807) is 0 Å². The molecule has 6 nitrogen and oxygen atoms in total. The molecule has 1 unspecified atom stereocenters. The Morgan fingerprint density at radius 2 is 2.03 bits per heavy atom. The lowest BCUT2D eigenvalue weighted by Crippen LogP contribution is -2.40. The molecule has 2 heterocycles. The van der Waals surface area contributed by atoms with E-state index < -0.39 is 11.7 Å². The molecule has 1 atom stereocenters. The number of aliphatic hydroxyl groups is 1. The Hall–Kier alpha value is -2.55. The van der Waals surface area contributed by atoms with Gasteiger partial charge >= 0.3 is 6.18 Å². The first-order valence-corrected chi connectivity index (χ1v) is 10.3. The Morgan fingerprint density at radius 3 is 2.73 bits per heavy atom. The number of benzene rings is 1. The van der Waals surface area contributed by atoms with Crippen LogP contribution in [0.2, 0.25) is 0 Å². The van der Waals surface area contributed by atoms with Crippen LogP contribution in [0.1, 0.15) is 50.3 Å². The average molecular weight is 423 g/mol. The molecule has 30 heavy (non-hydrogen) atoms. The zero-order valence-electron chi connectivity index (χ0n) is 17.0. The predicted octanol–water partition coefficient (Wildman–Crippen LogP) is 4.52. The van der Waals surface area contributed by atoms with Crippen molar-refractivity contribution in [3.63, 3.8) is 0 Å². The van der Waals surface area contributed by atoms with Gasteiger partial charge in [-0.05, 0) is 50.3 Å². The van der Waals surface area contributed by atoms with Gasteiger partial charge < -0.3 is 21.1 Å². The standard InChI is InChI=1S/C21H28F3N5O/c1-2-5-14-13-19(29-10-4-3-6-16(29)9-11-30)28-20(26-14)27-15-7-8-18(25)17(12-15)21(22,23)24/h7-8,12-13,16,30H,2-6,9-11,25H2,1H3,(H,26,27,28). The highest BCUT2D eigenvalue weighted by atomic mass is 19.4. The zero-order chi connectivity index (χ0) is 21.7. The van der Waals surface area contributed by atoms with Crippen molar-refractivity contribution < 1.29 is 18.3 Å². The molecule has 0 spiro atoms. The normalized spacial score (nSPS) is 17.2. The van der Waals surface area contributed by atoms with E-state index >= 15 is 0 Å². The smallest absolute Gasteiger partial charge is 0.398 e. The topological polar surface area (TPSA) is 87.3 Å². The number of nitrogens with zero attached hydrogens (tertiary/aromatic N) is 3. The van der Waals surface area contributed by atoms with Crippen LogP contribution in [-0.4, -0.2) is 34.3 Å². The average Bonchev–Trinajstić information content (AvgIpc) is 2.69. The molecular formula is C21H28F3N5O. The van der Waals surface area contributed by atoms with E-state index in [0.717, 1.165) is 56.2 Å². The largest absolute Gasteiger partial charge is 0.418 e. The molecule has 0 radical (unpaired) electrons. The maximum atomic E-state index is 13.2. The third kappa shape index (κ3) is 5.33. The van der Waals surface area contributed by atoms with Crippen LogP contribution in [0.25, 0.3) is 0 Å². The van der Waals surface area contributed by atoms with Gasteiger partial charge in [-0.25, -0.2) is 4.98 Å². The molecule has 1 aromatic heterocycles. The summed E-state index contributed by atoms with van der Waals surface area (Å²) in [4.78, 5) is 11.3. The minimum absolute atomic E-state index is 0.102. The number of rotatable bonds is 7. The minimum Gasteiger partial charge on any atom is -0.398 e. The van der Waals surface area contributed by atoms with Crippen LogP contribution < -0.4 is 16.0 Å². The predicted molar refractivity (Wildman–Crippen MR) is 112 cm³/mol. The number of nitrogen functional groups attached to an aromatic ring is 1. The van der Waals surface area contributed by atoms with Gasteiger partial charge in [-0.2, -0.15) is 18.2 Å². The highest BCUT2D eigenvalue weighted by molar-refractivity contribution is 5.63. The van der Waals surface area contributed by atoms with Gasteiger partial charge in [-0.15, -0.1) is 0 Å². The fourth-order valence-corrected chi connectivity index (χ4v) is 3.83. The molecule has 1 aliphatic rings. The first-order chi connectivity index (χ1) is 14.3. The molecule has 0 saturated carbocycles. The lowest BCUT2D eigenvalue weighted by Gasteiger charge is -2.36.